The van der Waals surface area contributed by atoms with Crippen LogP contribution in [0.15, 0.2) is 4.90 Å². The van der Waals surface area contributed by atoms with Crippen LogP contribution in [0, 0.1) is 13.8 Å². The maximum Gasteiger partial charge on any atom is 0.183 e. The summed E-state index contributed by atoms with van der Waals surface area (Å²) in [7, 11) is -3.26. The molecule has 0 aromatic carbocycles. The smallest absolute Gasteiger partial charge is 0.183 e. The standard InChI is InChI=1S/C14H26N4O2S/c1-4-7-18-13(3)14(12(2)16-18)21(19,20)11-10-17-8-5-15-6-9-17/h15H,4-11H2,1-3H3. The highest BCUT2D eigenvalue weighted by Gasteiger charge is 2.25. The minimum atomic E-state index is -3.26. The van der Waals surface area contributed by atoms with E-state index in [0.29, 0.717) is 17.1 Å². The number of hydrogen-bond acceptors (Lipinski definition) is 5. The van der Waals surface area contributed by atoms with E-state index in [-0.39, 0.29) is 5.75 Å². The van der Waals surface area contributed by atoms with Gasteiger partial charge < -0.3 is 5.32 Å². The van der Waals surface area contributed by atoms with Gasteiger partial charge in [-0.1, -0.05) is 6.92 Å². The van der Waals surface area contributed by atoms with Crippen LogP contribution in [-0.2, 0) is 16.4 Å². The molecule has 1 aliphatic heterocycles. The lowest BCUT2D eigenvalue weighted by Crippen LogP contribution is -2.45. The van der Waals surface area contributed by atoms with E-state index in [1.165, 1.54) is 0 Å². The van der Waals surface area contributed by atoms with E-state index in [2.05, 4.69) is 22.2 Å². The molecule has 120 valence electrons. The van der Waals surface area contributed by atoms with Gasteiger partial charge in [-0.15, -0.1) is 0 Å². The molecule has 0 unspecified atom stereocenters. The van der Waals surface area contributed by atoms with Crippen LogP contribution < -0.4 is 5.32 Å². The Morgan fingerprint density at radius 3 is 2.48 bits per heavy atom. The molecule has 1 saturated heterocycles. The first-order valence-corrected chi connectivity index (χ1v) is 9.30. The predicted molar refractivity (Wildman–Crippen MR) is 83.4 cm³/mol. The van der Waals surface area contributed by atoms with Crippen LogP contribution in [0.3, 0.4) is 0 Å². The molecular weight excluding hydrogens is 288 g/mol. The van der Waals surface area contributed by atoms with Crippen LogP contribution in [0.5, 0.6) is 0 Å². The molecule has 1 fully saturated rings. The highest BCUT2D eigenvalue weighted by molar-refractivity contribution is 7.91. The highest BCUT2D eigenvalue weighted by atomic mass is 32.2. The average molecular weight is 314 g/mol. The SMILES string of the molecule is CCCn1nc(C)c(S(=O)(=O)CCN2CCNCC2)c1C. The van der Waals surface area contributed by atoms with E-state index >= 15 is 0 Å². The quantitative estimate of drug-likeness (QED) is 0.832. The molecule has 21 heavy (non-hydrogen) atoms. The first-order valence-electron chi connectivity index (χ1n) is 7.65. The van der Waals surface area contributed by atoms with Gasteiger partial charge in [0.25, 0.3) is 0 Å². The normalized spacial score (nSPS) is 17.3. The Morgan fingerprint density at radius 1 is 1.19 bits per heavy atom. The molecule has 0 radical (unpaired) electrons. The molecule has 0 aliphatic carbocycles. The van der Waals surface area contributed by atoms with Crippen molar-refractivity contribution < 1.29 is 8.42 Å². The number of sulfone groups is 1. The van der Waals surface area contributed by atoms with Gasteiger partial charge in [0.05, 0.1) is 17.1 Å². The second-order valence-electron chi connectivity index (χ2n) is 5.63. The largest absolute Gasteiger partial charge is 0.314 e. The number of aromatic nitrogens is 2. The Hall–Kier alpha value is -0.920. The number of piperazine rings is 1. The molecule has 2 heterocycles. The van der Waals surface area contributed by atoms with E-state index in [1.54, 1.807) is 6.92 Å². The molecule has 1 aliphatic rings. The molecule has 7 heteroatoms. The Labute approximate surface area is 127 Å². The molecule has 6 nitrogen and oxygen atoms in total. The zero-order valence-electron chi connectivity index (χ0n) is 13.2. The van der Waals surface area contributed by atoms with Crippen LogP contribution >= 0.6 is 0 Å². The lowest BCUT2D eigenvalue weighted by molar-refractivity contribution is 0.254. The van der Waals surface area contributed by atoms with Gasteiger partial charge in [0, 0.05) is 39.3 Å². The van der Waals surface area contributed by atoms with Crippen molar-refractivity contribution in [2.45, 2.75) is 38.6 Å². The van der Waals surface area contributed by atoms with Gasteiger partial charge in [0.2, 0.25) is 0 Å². The van der Waals surface area contributed by atoms with E-state index in [0.717, 1.165) is 44.8 Å². The van der Waals surface area contributed by atoms with Crippen molar-refractivity contribution in [2.24, 2.45) is 0 Å². The van der Waals surface area contributed by atoms with Crippen molar-refractivity contribution in [1.29, 1.82) is 0 Å². The second-order valence-corrected chi connectivity index (χ2v) is 7.68. The Morgan fingerprint density at radius 2 is 1.86 bits per heavy atom. The van der Waals surface area contributed by atoms with E-state index in [4.69, 9.17) is 0 Å². The summed E-state index contributed by atoms with van der Waals surface area (Å²) in [4.78, 5) is 2.64. The number of nitrogens with zero attached hydrogens (tertiary/aromatic N) is 3. The summed E-state index contributed by atoms with van der Waals surface area (Å²) in [5, 5.41) is 7.65. The summed E-state index contributed by atoms with van der Waals surface area (Å²) in [6.45, 7) is 10.8. The first-order chi connectivity index (χ1) is 9.95. The van der Waals surface area contributed by atoms with Gasteiger partial charge in [0.1, 0.15) is 4.90 Å². The zero-order chi connectivity index (χ0) is 15.5. The van der Waals surface area contributed by atoms with Gasteiger partial charge >= 0.3 is 0 Å². The summed E-state index contributed by atoms with van der Waals surface area (Å²) in [6, 6.07) is 0. The molecule has 0 saturated carbocycles. The summed E-state index contributed by atoms with van der Waals surface area (Å²) in [5.74, 6) is 0.173. The topological polar surface area (TPSA) is 67.2 Å². The zero-order valence-corrected chi connectivity index (χ0v) is 14.0. The lowest BCUT2D eigenvalue weighted by atomic mass is 10.4. The summed E-state index contributed by atoms with van der Waals surface area (Å²) < 4.78 is 27.1. The highest BCUT2D eigenvalue weighted by Crippen LogP contribution is 2.21. The third kappa shape index (κ3) is 3.84. The molecule has 1 aromatic rings. The summed E-state index contributed by atoms with van der Waals surface area (Å²) in [5.41, 5.74) is 1.40. The maximum atomic E-state index is 12.6. The van der Waals surface area contributed by atoms with E-state index in [1.807, 2.05) is 11.6 Å². The number of rotatable bonds is 6. The molecule has 1 N–H and O–H groups in total. The third-order valence-electron chi connectivity index (χ3n) is 3.95. The summed E-state index contributed by atoms with van der Waals surface area (Å²) in [6.07, 6.45) is 0.947. The van der Waals surface area contributed by atoms with Crippen LogP contribution in [0.25, 0.3) is 0 Å². The molecule has 0 bridgehead atoms. The van der Waals surface area contributed by atoms with Crippen molar-refractivity contribution in [3.05, 3.63) is 11.4 Å². The van der Waals surface area contributed by atoms with E-state index in [9.17, 15) is 8.42 Å². The van der Waals surface area contributed by atoms with Crippen molar-refractivity contribution in [1.82, 2.24) is 20.0 Å². The monoisotopic (exact) mass is 314 g/mol. The Bertz CT molecular complexity index is 574. The fraction of sp³-hybridized carbons (Fsp3) is 0.786. The van der Waals surface area contributed by atoms with Crippen molar-refractivity contribution in [2.75, 3.05) is 38.5 Å². The Balaban J connectivity index is 2.11. The van der Waals surface area contributed by atoms with Gasteiger partial charge in [-0.25, -0.2) is 8.42 Å². The van der Waals surface area contributed by atoms with Gasteiger partial charge in [-0.3, -0.25) is 9.58 Å². The number of aryl methyl sites for hydroxylation is 2. The van der Waals surface area contributed by atoms with Crippen molar-refractivity contribution in [3.8, 4) is 0 Å². The minimum Gasteiger partial charge on any atom is -0.314 e. The van der Waals surface area contributed by atoms with Gasteiger partial charge in [-0.2, -0.15) is 5.10 Å². The van der Waals surface area contributed by atoms with Crippen molar-refractivity contribution >= 4 is 9.84 Å². The molecular formula is C14H26N4O2S. The lowest BCUT2D eigenvalue weighted by Gasteiger charge is -2.26. The first kappa shape index (κ1) is 16.5. The van der Waals surface area contributed by atoms with Crippen LogP contribution in [-0.4, -0.2) is 61.6 Å². The third-order valence-corrected chi connectivity index (χ3v) is 5.88. The number of nitrogens with one attached hydrogen (secondary N) is 1. The van der Waals surface area contributed by atoms with Gasteiger partial charge in [0.15, 0.2) is 9.84 Å². The fourth-order valence-corrected chi connectivity index (χ4v) is 4.60. The van der Waals surface area contributed by atoms with Crippen LogP contribution in [0.4, 0.5) is 0 Å². The molecule has 0 atom stereocenters. The second kappa shape index (κ2) is 6.89. The molecule has 1 aromatic heterocycles. The van der Waals surface area contributed by atoms with E-state index < -0.39 is 9.84 Å². The molecule has 0 amide bonds. The predicted octanol–water partition coefficient (Wildman–Crippen LogP) is 0.589. The fourth-order valence-electron chi connectivity index (χ4n) is 2.85. The number of hydrogen-bond donors (Lipinski definition) is 1. The Kier molecular flexibility index (Phi) is 5.40. The summed E-state index contributed by atoms with van der Waals surface area (Å²) >= 11 is 0. The molecule has 2 rings (SSSR count). The van der Waals surface area contributed by atoms with Crippen molar-refractivity contribution in [3.63, 3.8) is 0 Å². The van der Waals surface area contributed by atoms with Crippen LogP contribution in [0.2, 0.25) is 0 Å². The maximum absolute atomic E-state index is 12.6. The minimum absolute atomic E-state index is 0.173. The molecule has 0 spiro atoms. The van der Waals surface area contributed by atoms with Crippen LogP contribution in [0.1, 0.15) is 24.7 Å². The van der Waals surface area contributed by atoms with Gasteiger partial charge in [-0.05, 0) is 20.3 Å². The average Bonchev–Trinajstić information content (AvgIpc) is 2.73.